The third-order valence-electron chi connectivity index (χ3n) is 0. The molecule has 0 aromatic rings. The second-order valence-corrected chi connectivity index (χ2v) is 0.266. The third-order valence-corrected chi connectivity index (χ3v) is 0. The molecule has 0 atom stereocenters. The van der Waals surface area contributed by atoms with Crippen LogP contribution in [0, 0.1) is 0 Å². The summed E-state index contributed by atoms with van der Waals surface area (Å²) in [5.74, 6) is 0. The molecule has 0 spiro atoms. The van der Waals surface area contributed by atoms with E-state index in [1.54, 1.807) is 0 Å². The molecule has 0 aliphatic rings. The van der Waals surface area contributed by atoms with Gasteiger partial charge < -0.3 is 20.5 Å². The largest absolute Gasteiger partial charge is 2.00 e. The first-order valence-corrected chi connectivity index (χ1v) is 0.632. The minimum Gasteiger partial charge on any atom is -0.870 e. The first-order valence-electron chi connectivity index (χ1n) is 0.632. The molecular formula is CH2CoO4. The number of carboxylic acid groups (broad SMARTS) is 2. The van der Waals surface area contributed by atoms with Gasteiger partial charge in [-0.15, -0.1) is 0 Å². The summed E-state index contributed by atoms with van der Waals surface area (Å²) >= 11 is 0. The number of carbonyl (C=O) groups is 1. The number of hydrogen-bond acceptors (Lipinski definition) is 3. The quantitative estimate of drug-likeness (QED) is 0.449. The van der Waals surface area contributed by atoms with Crippen molar-refractivity contribution in [1.29, 1.82) is 0 Å². The summed E-state index contributed by atoms with van der Waals surface area (Å²) in [5.41, 5.74) is 0. The second kappa shape index (κ2) is 8.83. The molecule has 0 rings (SSSR count). The molecule has 5 heteroatoms. The molecule has 0 unspecified atom stereocenters. The fraction of sp³-hybridized carbons (Fsp3) is 0. The fourth-order valence-corrected chi connectivity index (χ4v) is 0. The monoisotopic (exact) mass is 137 g/mol. The van der Waals surface area contributed by atoms with E-state index in [1.165, 1.54) is 0 Å². The Balaban J connectivity index is -0.0000000450. The van der Waals surface area contributed by atoms with Gasteiger partial charge in [-0.3, -0.25) is 0 Å². The average Bonchev–Trinajstić information content (AvgIpc) is 0.811. The predicted octanol–water partition coefficient (Wildman–Crippen LogP) is -1.29. The normalized spacial score (nSPS) is 4.00. The summed E-state index contributed by atoms with van der Waals surface area (Å²) in [5, 5.41) is 15.3. The Labute approximate surface area is 44.3 Å². The Morgan fingerprint density at radius 2 is 1.67 bits per heavy atom. The van der Waals surface area contributed by atoms with Crippen molar-refractivity contribution in [2.45, 2.75) is 0 Å². The van der Waals surface area contributed by atoms with Crippen molar-refractivity contribution in [3.63, 3.8) is 0 Å². The summed E-state index contributed by atoms with van der Waals surface area (Å²) in [7, 11) is 0. The van der Waals surface area contributed by atoms with Crippen molar-refractivity contribution < 1.29 is 37.3 Å². The van der Waals surface area contributed by atoms with E-state index in [4.69, 9.17) is 15.0 Å². The van der Waals surface area contributed by atoms with Gasteiger partial charge in [0.05, 0.1) is 0 Å². The summed E-state index contributed by atoms with van der Waals surface area (Å²) < 4.78 is 0. The molecule has 39 valence electrons. The van der Waals surface area contributed by atoms with Gasteiger partial charge in [-0.05, 0) is 0 Å². The fourth-order valence-electron chi connectivity index (χ4n) is 0. The molecule has 0 aliphatic heterocycles. The molecule has 2 N–H and O–H groups in total. The maximum absolute atomic E-state index is 8.44. The minimum absolute atomic E-state index is 0. The van der Waals surface area contributed by atoms with Gasteiger partial charge in [-0.2, -0.15) is 0 Å². The molecule has 0 saturated heterocycles. The summed E-state index contributed by atoms with van der Waals surface area (Å²) in [4.78, 5) is 8.44. The standard InChI is InChI=1S/CH2O3.Co.H2O/c2-1(3)4;;/h(H2,2,3,4);;1H2/q;+2;/p-2. The van der Waals surface area contributed by atoms with E-state index in [0.717, 1.165) is 0 Å². The van der Waals surface area contributed by atoms with E-state index in [2.05, 4.69) is 0 Å². The predicted molar refractivity (Wildman–Crippen MR) is 9.96 cm³/mol. The molecule has 0 saturated carbocycles. The SMILES string of the molecule is O=C([O-])O.[Co+2].[OH-]. The van der Waals surface area contributed by atoms with Crippen molar-refractivity contribution in [3.8, 4) is 0 Å². The van der Waals surface area contributed by atoms with Gasteiger partial charge in [0.15, 0.2) is 0 Å². The van der Waals surface area contributed by atoms with Crippen LogP contribution in [-0.4, -0.2) is 16.7 Å². The minimum atomic E-state index is -2.08. The van der Waals surface area contributed by atoms with Crippen LogP contribution in [0.2, 0.25) is 0 Å². The van der Waals surface area contributed by atoms with E-state index in [-0.39, 0.29) is 22.3 Å². The van der Waals surface area contributed by atoms with Crippen LogP contribution in [0.1, 0.15) is 0 Å². The molecule has 0 amide bonds. The van der Waals surface area contributed by atoms with E-state index in [0.29, 0.717) is 0 Å². The number of hydrogen-bond donors (Lipinski definition) is 1. The Bertz CT molecular complexity index is 30.5. The molecule has 0 heterocycles. The van der Waals surface area contributed by atoms with Gasteiger partial charge >= 0.3 is 16.8 Å². The van der Waals surface area contributed by atoms with Crippen LogP contribution < -0.4 is 5.11 Å². The topological polar surface area (TPSA) is 90.4 Å². The van der Waals surface area contributed by atoms with Crippen molar-refractivity contribution in [3.05, 3.63) is 0 Å². The Kier molecular flexibility index (Phi) is 25.3. The zero-order chi connectivity index (χ0) is 3.58. The zero-order valence-electron chi connectivity index (χ0n) is 2.54. The molecule has 1 radical (unpaired) electrons. The van der Waals surface area contributed by atoms with Gasteiger partial charge in [0.2, 0.25) is 6.16 Å². The van der Waals surface area contributed by atoms with Gasteiger partial charge in [0.25, 0.3) is 0 Å². The smallest absolute Gasteiger partial charge is 0.870 e. The maximum atomic E-state index is 8.44. The van der Waals surface area contributed by atoms with Crippen molar-refractivity contribution >= 4 is 6.16 Å². The Morgan fingerprint density at radius 3 is 1.67 bits per heavy atom. The average molecular weight is 137 g/mol. The van der Waals surface area contributed by atoms with E-state index >= 15 is 0 Å². The molecule has 6 heavy (non-hydrogen) atoms. The molecule has 0 aliphatic carbocycles. The zero-order valence-corrected chi connectivity index (χ0v) is 3.59. The van der Waals surface area contributed by atoms with Crippen LogP contribution in [0.25, 0.3) is 0 Å². The van der Waals surface area contributed by atoms with Gasteiger partial charge in [0, 0.05) is 0 Å². The second-order valence-electron chi connectivity index (χ2n) is 0.266. The van der Waals surface area contributed by atoms with Crippen LogP contribution in [0.15, 0.2) is 0 Å². The molecule has 0 bridgehead atoms. The maximum Gasteiger partial charge on any atom is 2.00 e. The summed E-state index contributed by atoms with van der Waals surface area (Å²) in [6.07, 6.45) is -2.08. The van der Waals surface area contributed by atoms with Gasteiger partial charge in [-0.25, -0.2) is 0 Å². The van der Waals surface area contributed by atoms with Crippen LogP contribution in [0.3, 0.4) is 0 Å². The Morgan fingerprint density at radius 1 is 1.67 bits per heavy atom. The van der Waals surface area contributed by atoms with Crippen molar-refractivity contribution in [1.82, 2.24) is 0 Å². The third kappa shape index (κ3) is 403. The van der Waals surface area contributed by atoms with Gasteiger partial charge in [0.1, 0.15) is 0 Å². The van der Waals surface area contributed by atoms with E-state index < -0.39 is 6.16 Å². The molecule has 0 aromatic heterocycles. The van der Waals surface area contributed by atoms with Crippen LogP contribution in [0.5, 0.6) is 0 Å². The first-order chi connectivity index (χ1) is 1.73. The molecule has 0 aromatic carbocycles. The van der Waals surface area contributed by atoms with Crippen molar-refractivity contribution in [2.75, 3.05) is 0 Å². The summed E-state index contributed by atoms with van der Waals surface area (Å²) in [6.45, 7) is 0. The molecule has 0 fully saturated rings. The van der Waals surface area contributed by atoms with Crippen LogP contribution >= 0.6 is 0 Å². The molecular weight excluding hydrogens is 135 g/mol. The van der Waals surface area contributed by atoms with Crippen LogP contribution in [0.4, 0.5) is 4.79 Å². The van der Waals surface area contributed by atoms with Gasteiger partial charge in [-0.1, -0.05) is 0 Å². The summed E-state index contributed by atoms with van der Waals surface area (Å²) in [6, 6.07) is 0. The van der Waals surface area contributed by atoms with Crippen molar-refractivity contribution in [2.24, 2.45) is 0 Å². The van der Waals surface area contributed by atoms with E-state index in [1.807, 2.05) is 0 Å². The molecule has 4 nitrogen and oxygen atoms in total. The first kappa shape index (κ1) is 17.2. The Hall–Kier alpha value is -0.264. The number of rotatable bonds is 0. The van der Waals surface area contributed by atoms with Crippen LogP contribution in [-0.2, 0) is 16.8 Å². The van der Waals surface area contributed by atoms with E-state index in [9.17, 15) is 0 Å².